The van der Waals surface area contributed by atoms with Crippen LogP contribution in [0.3, 0.4) is 0 Å². The SMILES string of the molecule is O=C(CCc1nc(-c2ccc(Cl)cc2)no1)Nc1ccc(F)cc1Br. The van der Waals surface area contributed by atoms with E-state index in [9.17, 15) is 9.18 Å². The first-order chi connectivity index (χ1) is 12.0. The molecule has 0 saturated heterocycles. The van der Waals surface area contributed by atoms with Crippen LogP contribution in [0.4, 0.5) is 10.1 Å². The smallest absolute Gasteiger partial charge is 0.227 e. The molecular weight excluding hydrogens is 413 g/mol. The molecule has 2 aromatic carbocycles. The molecule has 3 aromatic rings. The number of hydrogen-bond donors (Lipinski definition) is 1. The highest BCUT2D eigenvalue weighted by atomic mass is 79.9. The summed E-state index contributed by atoms with van der Waals surface area (Å²) < 4.78 is 18.7. The van der Waals surface area contributed by atoms with E-state index in [0.717, 1.165) is 5.56 Å². The van der Waals surface area contributed by atoms with E-state index in [-0.39, 0.29) is 18.1 Å². The van der Waals surface area contributed by atoms with Gasteiger partial charge in [-0.15, -0.1) is 0 Å². The van der Waals surface area contributed by atoms with E-state index in [0.29, 0.717) is 33.3 Å². The quantitative estimate of drug-likeness (QED) is 0.635. The average molecular weight is 425 g/mol. The van der Waals surface area contributed by atoms with E-state index in [1.807, 2.05) is 0 Å². The van der Waals surface area contributed by atoms with Gasteiger partial charge in [0.25, 0.3) is 0 Å². The molecule has 1 heterocycles. The van der Waals surface area contributed by atoms with Crippen LogP contribution in [0.5, 0.6) is 0 Å². The maximum atomic E-state index is 13.0. The molecular formula is C17H12BrClFN3O2. The third kappa shape index (κ3) is 4.64. The zero-order chi connectivity index (χ0) is 17.8. The fourth-order valence-electron chi connectivity index (χ4n) is 2.10. The van der Waals surface area contributed by atoms with Gasteiger partial charge in [0.05, 0.1) is 5.69 Å². The minimum absolute atomic E-state index is 0.159. The molecule has 0 aliphatic heterocycles. The summed E-state index contributed by atoms with van der Waals surface area (Å²) in [5.74, 6) is 0.177. The molecule has 5 nitrogen and oxygen atoms in total. The number of hydrogen-bond acceptors (Lipinski definition) is 4. The van der Waals surface area contributed by atoms with Gasteiger partial charge in [0.15, 0.2) is 0 Å². The molecule has 0 aliphatic rings. The van der Waals surface area contributed by atoms with Crippen LogP contribution >= 0.6 is 27.5 Å². The van der Waals surface area contributed by atoms with Crippen molar-refractivity contribution < 1.29 is 13.7 Å². The molecule has 0 unspecified atom stereocenters. The average Bonchev–Trinajstić information content (AvgIpc) is 3.05. The third-order valence-electron chi connectivity index (χ3n) is 3.34. The van der Waals surface area contributed by atoms with Gasteiger partial charge in [0, 0.05) is 27.9 Å². The maximum absolute atomic E-state index is 13.0. The third-order valence-corrected chi connectivity index (χ3v) is 4.25. The molecule has 3 rings (SSSR count). The number of nitrogens with one attached hydrogen (secondary N) is 1. The van der Waals surface area contributed by atoms with Crippen molar-refractivity contribution >= 4 is 39.1 Å². The number of carbonyl (C=O) groups is 1. The number of amides is 1. The molecule has 0 fully saturated rings. The second-order valence-electron chi connectivity index (χ2n) is 5.19. The summed E-state index contributed by atoms with van der Waals surface area (Å²) in [5.41, 5.74) is 1.28. The van der Waals surface area contributed by atoms with Crippen LogP contribution in [0, 0.1) is 5.82 Å². The molecule has 0 spiro atoms. The van der Waals surface area contributed by atoms with Crippen molar-refractivity contribution in [2.24, 2.45) is 0 Å². The van der Waals surface area contributed by atoms with Crippen LogP contribution in [-0.2, 0) is 11.2 Å². The number of rotatable bonds is 5. The second kappa shape index (κ2) is 7.76. The Morgan fingerprint density at radius 2 is 2.00 bits per heavy atom. The molecule has 0 saturated carbocycles. The monoisotopic (exact) mass is 423 g/mol. The van der Waals surface area contributed by atoms with Gasteiger partial charge < -0.3 is 9.84 Å². The molecule has 1 aromatic heterocycles. The van der Waals surface area contributed by atoms with Gasteiger partial charge in [-0.1, -0.05) is 16.8 Å². The summed E-state index contributed by atoms with van der Waals surface area (Å²) in [4.78, 5) is 16.3. The summed E-state index contributed by atoms with van der Waals surface area (Å²) >= 11 is 9.04. The second-order valence-corrected chi connectivity index (χ2v) is 6.48. The Kier molecular flexibility index (Phi) is 5.45. The molecule has 1 N–H and O–H groups in total. The van der Waals surface area contributed by atoms with Crippen molar-refractivity contribution in [3.63, 3.8) is 0 Å². The van der Waals surface area contributed by atoms with E-state index in [2.05, 4.69) is 31.4 Å². The summed E-state index contributed by atoms with van der Waals surface area (Å²) in [6, 6.07) is 11.1. The number of nitrogens with zero attached hydrogens (tertiary/aromatic N) is 2. The number of halogens is 3. The highest BCUT2D eigenvalue weighted by Crippen LogP contribution is 2.23. The first-order valence-corrected chi connectivity index (χ1v) is 8.52. The lowest BCUT2D eigenvalue weighted by Gasteiger charge is -2.06. The van der Waals surface area contributed by atoms with Crippen molar-refractivity contribution in [2.45, 2.75) is 12.8 Å². The van der Waals surface area contributed by atoms with Crippen LogP contribution in [0.15, 0.2) is 51.5 Å². The largest absolute Gasteiger partial charge is 0.339 e. The molecule has 0 radical (unpaired) electrons. The summed E-state index contributed by atoms with van der Waals surface area (Å²) in [6.45, 7) is 0. The molecule has 128 valence electrons. The maximum Gasteiger partial charge on any atom is 0.227 e. The lowest BCUT2D eigenvalue weighted by Crippen LogP contribution is -2.12. The zero-order valence-electron chi connectivity index (χ0n) is 12.8. The van der Waals surface area contributed by atoms with Crippen molar-refractivity contribution in [3.05, 3.63) is 63.7 Å². The Morgan fingerprint density at radius 1 is 1.24 bits per heavy atom. The molecule has 0 bridgehead atoms. The first kappa shape index (κ1) is 17.6. The van der Waals surface area contributed by atoms with Gasteiger partial charge in [0.1, 0.15) is 5.82 Å². The van der Waals surface area contributed by atoms with Gasteiger partial charge >= 0.3 is 0 Å². The van der Waals surface area contributed by atoms with Crippen LogP contribution in [-0.4, -0.2) is 16.0 Å². The Hall–Kier alpha value is -2.25. The van der Waals surface area contributed by atoms with Gasteiger partial charge in [-0.25, -0.2) is 4.39 Å². The van der Waals surface area contributed by atoms with Gasteiger partial charge in [0.2, 0.25) is 17.6 Å². The highest BCUT2D eigenvalue weighted by molar-refractivity contribution is 9.10. The summed E-state index contributed by atoms with van der Waals surface area (Å²) in [5, 5.41) is 7.21. The van der Waals surface area contributed by atoms with Crippen LogP contribution in [0.2, 0.25) is 5.02 Å². The van der Waals surface area contributed by atoms with Crippen LogP contribution in [0.1, 0.15) is 12.3 Å². The minimum atomic E-state index is -0.384. The lowest BCUT2D eigenvalue weighted by molar-refractivity contribution is -0.116. The fourth-order valence-corrected chi connectivity index (χ4v) is 2.67. The van der Waals surface area contributed by atoms with Crippen LogP contribution in [0.25, 0.3) is 11.4 Å². The molecule has 1 amide bonds. The topological polar surface area (TPSA) is 68.0 Å². The lowest BCUT2D eigenvalue weighted by atomic mass is 10.2. The van der Waals surface area contributed by atoms with Crippen LogP contribution < -0.4 is 5.32 Å². The highest BCUT2D eigenvalue weighted by Gasteiger charge is 2.12. The normalized spacial score (nSPS) is 10.7. The van der Waals surface area contributed by atoms with E-state index in [4.69, 9.17) is 16.1 Å². The number of aromatic nitrogens is 2. The van der Waals surface area contributed by atoms with Gasteiger partial charge in [-0.2, -0.15) is 4.98 Å². The minimum Gasteiger partial charge on any atom is -0.339 e. The van der Waals surface area contributed by atoms with Gasteiger partial charge in [-0.05, 0) is 58.4 Å². The van der Waals surface area contributed by atoms with Crippen molar-refractivity contribution in [1.29, 1.82) is 0 Å². The molecule has 0 aliphatic carbocycles. The number of aryl methyl sites for hydroxylation is 1. The standard InChI is InChI=1S/C17H12BrClFN3O2/c18-13-9-12(20)5-6-14(13)21-15(24)7-8-16-22-17(23-25-16)10-1-3-11(19)4-2-10/h1-6,9H,7-8H2,(H,21,24). The van der Waals surface area contributed by atoms with E-state index in [1.165, 1.54) is 18.2 Å². The predicted molar refractivity (Wildman–Crippen MR) is 95.8 cm³/mol. The molecule has 8 heteroatoms. The van der Waals surface area contributed by atoms with Crippen molar-refractivity contribution in [1.82, 2.24) is 10.1 Å². The van der Waals surface area contributed by atoms with Gasteiger partial charge in [-0.3, -0.25) is 4.79 Å². The fraction of sp³-hybridized carbons (Fsp3) is 0.118. The summed E-state index contributed by atoms with van der Waals surface area (Å²) in [6.07, 6.45) is 0.456. The van der Waals surface area contributed by atoms with E-state index >= 15 is 0 Å². The Morgan fingerprint density at radius 3 is 2.72 bits per heavy atom. The first-order valence-electron chi connectivity index (χ1n) is 7.35. The molecule has 25 heavy (non-hydrogen) atoms. The number of carbonyl (C=O) groups excluding carboxylic acids is 1. The predicted octanol–water partition coefficient (Wildman–Crippen LogP) is 4.86. The Labute approximate surface area is 156 Å². The molecule has 0 atom stereocenters. The number of anilines is 1. The Bertz CT molecular complexity index is 899. The van der Waals surface area contributed by atoms with Crippen molar-refractivity contribution in [3.8, 4) is 11.4 Å². The van der Waals surface area contributed by atoms with E-state index < -0.39 is 0 Å². The number of benzene rings is 2. The zero-order valence-corrected chi connectivity index (χ0v) is 15.1. The van der Waals surface area contributed by atoms with Crippen molar-refractivity contribution in [2.75, 3.05) is 5.32 Å². The summed E-state index contributed by atoms with van der Waals surface area (Å²) in [7, 11) is 0. The van der Waals surface area contributed by atoms with E-state index in [1.54, 1.807) is 24.3 Å². The Balaban J connectivity index is 1.58.